The Balaban J connectivity index is 1.59. The van der Waals surface area contributed by atoms with Gasteiger partial charge < -0.3 is 4.74 Å². The van der Waals surface area contributed by atoms with Crippen LogP contribution < -0.4 is 15.6 Å². The summed E-state index contributed by atoms with van der Waals surface area (Å²) < 4.78 is 6.09. The van der Waals surface area contributed by atoms with Crippen molar-refractivity contribution in [2.75, 3.05) is 12.4 Å². The van der Waals surface area contributed by atoms with E-state index in [-0.39, 0.29) is 18.3 Å². The molecule has 0 fully saturated rings. The molecule has 0 aliphatic heterocycles. The number of amides is 2. The Bertz CT molecular complexity index is 704. The predicted octanol–water partition coefficient (Wildman–Crippen LogP) is 3.42. The van der Waals surface area contributed by atoms with E-state index in [0.717, 1.165) is 15.6 Å². The number of nitrogens with one attached hydrogen (secondary N) is 2. The smallest absolute Gasteiger partial charge is 0.276 e. The Labute approximate surface area is 160 Å². The number of rotatable bonds is 8. The van der Waals surface area contributed by atoms with Crippen molar-refractivity contribution in [2.45, 2.75) is 19.1 Å². The lowest BCUT2D eigenvalue weighted by Crippen LogP contribution is -2.44. The third-order valence-corrected chi connectivity index (χ3v) is 5.54. The van der Waals surface area contributed by atoms with E-state index in [9.17, 15) is 9.59 Å². The predicted molar refractivity (Wildman–Crippen MR) is 103 cm³/mol. The second-order valence-electron chi connectivity index (χ2n) is 5.08. The van der Waals surface area contributed by atoms with Crippen molar-refractivity contribution in [1.82, 2.24) is 10.9 Å². The van der Waals surface area contributed by atoms with Crippen LogP contribution in [0.2, 0.25) is 4.34 Å². The highest BCUT2D eigenvalue weighted by atomic mass is 35.5. The van der Waals surface area contributed by atoms with Gasteiger partial charge >= 0.3 is 0 Å². The summed E-state index contributed by atoms with van der Waals surface area (Å²) >= 11 is 8.79. The summed E-state index contributed by atoms with van der Waals surface area (Å²) in [7, 11) is 0. The van der Waals surface area contributed by atoms with Gasteiger partial charge in [-0.05, 0) is 36.2 Å². The topological polar surface area (TPSA) is 67.4 Å². The van der Waals surface area contributed by atoms with Crippen LogP contribution in [0.15, 0.2) is 36.4 Å². The summed E-state index contributed by atoms with van der Waals surface area (Å²) in [4.78, 5) is 24.5. The van der Waals surface area contributed by atoms with Gasteiger partial charge in [0, 0.05) is 10.6 Å². The number of benzene rings is 1. The molecule has 5 nitrogen and oxygen atoms in total. The highest BCUT2D eigenvalue weighted by Gasteiger charge is 2.07. The molecule has 25 heavy (non-hydrogen) atoms. The number of carbonyl (C=O) groups is 2. The zero-order valence-corrected chi connectivity index (χ0v) is 16.1. The zero-order valence-electron chi connectivity index (χ0n) is 13.7. The first-order valence-electron chi connectivity index (χ1n) is 7.68. The molecule has 0 aliphatic rings. The van der Waals surface area contributed by atoms with Gasteiger partial charge in [0.05, 0.1) is 10.1 Å². The van der Waals surface area contributed by atoms with Crippen LogP contribution in [0.5, 0.6) is 5.75 Å². The third-order valence-electron chi connectivity index (χ3n) is 3.15. The van der Waals surface area contributed by atoms with Crippen molar-refractivity contribution >= 4 is 46.5 Å². The Morgan fingerprint density at radius 1 is 1.12 bits per heavy atom. The van der Waals surface area contributed by atoms with E-state index in [1.807, 2.05) is 36.4 Å². The normalized spacial score (nSPS) is 10.3. The molecule has 0 radical (unpaired) electrons. The quantitative estimate of drug-likeness (QED) is 0.668. The maximum atomic E-state index is 11.7. The van der Waals surface area contributed by atoms with E-state index in [0.29, 0.717) is 11.5 Å². The third kappa shape index (κ3) is 7.37. The number of hydrogen-bond donors (Lipinski definition) is 2. The molecule has 1 heterocycles. The maximum absolute atomic E-state index is 11.7. The van der Waals surface area contributed by atoms with Crippen molar-refractivity contribution < 1.29 is 14.3 Å². The maximum Gasteiger partial charge on any atom is 0.276 e. The van der Waals surface area contributed by atoms with Gasteiger partial charge in [-0.1, -0.05) is 30.7 Å². The minimum Gasteiger partial charge on any atom is -0.484 e. The van der Waals surface area contributed by atoms with Crippen LogP contribution in [-0.4, -0.2) is 24.2 Å². The van der Waals surface area contributed by atoms with Crippen LogP contribution in [0, 0.1) is 0 Å². The fourth-order valence-electron chi connectivity index (χ4n) is 1.86. The van der Waals surface area contributed by atoms with Crippen LogP contribution in [-0.2, 0) is 21.8 Å². The highest BCUT2D eigenvalue weighted by molar-refractivity contribution is 7.99. The van der Waals surface area contributed by atoms with Gasteiger partial charge in [0.15, 0.2) is 6.61 Å². The summed E-state index contributed by atoms with van der Waals surface area (Å²) in [6.45, 7) is 1.91. The molecule has 0 saturated carbocycles. The standard InChI is InChI=1S/C17H19ClN2O3S2/c1-2-12-3-5-13(6-4-12)23-9-16(21)19-20-17(22)11-24-10-14-7-8-15(18)25-14/h3-8H,2,9-11H2,1H3,(H,19,21)(H,20,22). The van der Waals surface area contributed by atoms with Gasteiger partial charge in [-0.15, -0.1) is 23.1 Å². The molecule has 2 aromatic rings. The average Bonchev–Trinajstić information content (AvgIpc) is 3.03. The van der Waals surface area contributed by atoms with Crippen LogP contribution >= 0.6 is 34.7 Å². The molecule has 0 spiro atoms. The highest BCUT2D eigenvalue weighted by Crippen LogP contribution is 2.24. The summed E-state index contributed by atoms with van der Waals surface area (Å²) in [6, 6.07) is 11.3. The summed E-state index contributed by atoms with van der Waals surface area (Å²) in [6.07, 6.45) is 0.949. The lowest BCUT2D eigenvalue weighted by Gasteiger charge is -2.09. The number of carbonyl (C=O) groups excluding carboxylic acids is 2. The van der Waals surface area contributed by atoms with Crippen LogP contribution in [0.3, 0.4) is 0 Å². The molecule has 1 aromatic carbocycles. The minimum absolute atomic E-state index is 0.160. The average molecular weight is 399 g/mol. The second kappa shape index (κ2) is 10.3. The fraction of sp³-hybridized carbons (Fsp3) is 0.294. The Hall–Kier alpha value is -1.70. The number of thioether (sulfide) groups is 1. The molecule has 0 saturated heterocycles. The first kappa shape index (κ1) is 19.6. The van der Waals surface area contributed by atoms with Crippen molar-refractivity contribution in [3.05, 3.63) is 51.2 Å². The first-order chi connectivity index (χ1) is 12.1. The number of aryl methyl sites for hydroxylation is 1. The van der Waals surface area contributed by atoms with Crippen LogP contribution in [0.1, 0.15) is 17.4 Å². The van der Waals surface area contributed by atoms with Crippen LogP contribution in [0.25, 0.3) is 0 Å². The van der Waals surface area contributed by atoms with Crippen molar-refractivity contribution in [3.63, 3.8) is 0 Å². The molecule has 1 aromatic heterocycles. The van der Waals surface area contributed by atoms with Crippen molar-refractivity contribution in [1.29, 1.82) is 0 Å². The van der Waals surface area contributed by atoms with Gasteiger partial charge in [-0.25, -0.2) is 0 Å². The molecule has 2 amide bonds. The molecule has 0 unspecified atom stereocenters. The fourth-order valence-corrected chi connectivity index (χ4v) is 3.88. The lowest BCUT2D eigenvalue weighted by atomic mass is 10.2. The Morgan fingerprint density at radius 2 is 1.84 bits per heavy atom. The van der Waals surface area contributed by atoms with Gasteiger partial charge in [-0.3, -0.25) is 20.4 Å². The summed E-state index contributed by atoms with van der Waals surface area (Å²) in [5.74, 6) is 0.880. The van der Waals surface area contributed by atoms with E-state index < -0.39 is 5.91 Å². The molecule has 2 rings (SSSR count). The molecular formula is C17H19ClN2O3S2. The second-order valence-corrected chi connectivity index (χ2v) is 7.87. The zero-order chi connectivity index (χ0) is 18.1. The Morgan fingerprint density at radius 3 is 2.48 bits per heavy atom. The number of hydrogen-bond acceptors (Lipinski definition) is 5. The van der Waals surface area contributed by atoms with E-state index in [1.54, 1.807) is 0 Å². The van der Waals surface area contributed by atoms with Gasteiger partial charge in [0.2, 0.25) is 5.91 Å². The molecule has 0 bridgehead atoms. The summed E-state index contributed by atoms with van der Waals surface area (Å²) in [5.41, 5.74) is 5.90. The molecule has 0 aliphatic carbocycles. The minimum atomic E-state index is -0.414. The molecule has 134 valence electrons. The van der Waals surface area contributed by atoms with Crippen molar-refractivity contribution in [3.8, 4) is 5.75 Å². The Kier molecular flexibility index (Phi) is 8.11. The molecular weight excluding hydrogens is 380 g/mol. The van der Waals surface area contributed by atoms with Gasteiger partial charge in [0.25, 0.3) is 5.91 Å². The lowest BCUT2D eigenvalue weighted by molar-refractivity contribution is -0.128. The molecule has 0 atom stereocenters. The molecule has 8 heteroatoms. The number of ether oxygens (including phenoxy) is 1. The number of hydrazine groups is 1. The summed E-state index contributed by atoms with van der Waals surface area (Å²) in [5, 5.41) is 0. The van der Waals surface area contributed by atoms with E-state index in [4.69, 9.17) is 16.3 Å². The van der Waals surface area contributed by atoms with Gasteiger partial charge in [-0.2, -0.15) is 0 Å². The first-order valence-corrected chi connectivity index (χ1v) is 10.0. The van der Waals surface area contributed by atoms with Gasteiger partial charge in [0.1, 0.15) is 5.75 Å². The number of thiophene rings is 1. The SMILES string of the molecule is CCc1ccc(OCC(=O)NNC(=O)CSCc2ccc(Cl)s2)cc1. The largest absolute Gasteiger partial charge is 0.484 e. The monoisotopic (exact) mass is 398 g/mol. The van der Waals surface area contributed by atoms with E-state index in [2.05, 4.69) is 17.8 Å². The van der Waals surface area contributed by atoms with Crippen LogP contribution in [0.4, 0.5) is 0 Å². The molecule has 2 N–H and O–H groups in total. The van der Waals surface area contributed by atoms with E-state index >= 15 is 0 Å². The van der Waals surface area contributed by atoms with E-state index in [1.165, 1.54) is 28.7 Å². The number of halogens is 1. The van der Waals surface area contributed by atoms with Crippen molar-refractivity contribution in [2.24, 2.45) is 0 Å².